The highest BCUT2D eigenvalue weighted by Gasteiger charge is 2.47. The molecule has 4 aliphatic rings. The van der Waals surface area contributed by atoms with Crippen molar-refractivity contribution in [2.75, 3.05) is 23.5 Å². The number of aryl methyl sites for hydroxylation is 1. The Kier molecular flexibility index (Phi) is 6.53. The number of aromatic nitrogens is 4. The number of H-pyrrole nitrogens is 1. The first-order valence-electron chi connectivity index (χ1n) is 15.3. The monoisotopic (exact) mass is 550 g/mol. The van der Waals surface area contributed by atoms with Crippen molar-refractivity contribution in [1.82, 2.24) is 20.2 Å². The van der Waals surface area contributed by atoms with Crippen LogP contribution in [0.2, 0.25) is 0 Å². The molecule has 214 valence electrons. The number of anilines is 2. The van der Waals surface area contributed by atoms with Gasteiger partial charge in [0.05, 0.1) is 23.5 Å². The highest BCUT2D eigenvalue weighted by Crippen LogP contribution is 2.46. The quantitative estimate of drug-likeness (QED) is 0.282. The van der Waals surface area contributed by atoms with Gasteiger partial charge in [0, 0.05) is 60.9 Å². The zero-order chi connectivity index (χ0) is 28.4. The van der Waals surface area contributed by atoms with Crippen LogP contribution in [0.3, 0.4) is 0 Å². The van der Waals surface area contributed by atoms with Crippen molar-refractivity contribution in [3.63, 3.8) is 0 Å². The van der Waals surface area contributed by atoms with Crippen molar-refractivity contribution in [1.29, 1.82) is 0 Å². The number of aromatic amines is 1. The second-order valence-corrected chi connectivity index (χ2v) is 13.0. The molecule has 0 radical (unpaired) electrons. The molecule has 41 heavy (non-hydrogen) atoms. The maximum absolute atomic E-state index is 5.80. The topological polar surface area (TPSA) is 70.2 Å². The third kappa shape index (κ3) is 4.40. The Balaban J connectivity index is 1.37. The molecule has 7 heteroatoms. The first-order valence-corrected chi connectivity index (χ1v) is 15.3. The number of methoxy groups -OCH3 is 1. The Hall–Kier alpha value is -3.45. The van der Waals surface area contributed by atoms with E-state index in [1.165, 1.54) is 40.1 Å². The lowest BCUT2D eigenvalue weighted by Gasteiger charge is -2.56. The second-order valence-electron chi connectivity index (χ2n) is 13.0. The maximum Gasteiger partial charge on any atom is 0.162 e. The van der Waals surface area contributed by atoms with E-state index in [9.17, 15) is 0 Å². The van der Waals surface area contributed by atoms with Crippen LogP contribution in [0.25, 0.3) is 22.3 Å². The van der Waals surface area contributed by atoms with Crippen molar-refractivity contribution in [3.05, 3.63) is 64.5 Å². The molecule has 5 heterocycles. The van der Waals surface area contributed by atoms with Crippen molar-refractivity contribution in [3.8, 4) is 11.4 Å². The average Bonchev–Trinajstić information content (AvgIpc) is 3.45. The Morgan fingerprint density at radius 3 is 2.51 bits per heavy atom. The van der Waals surface area contributed by atoms with Crippen LogP contribution in [0.1, 0.15) is 86.7 Å². The molecule has 0 amide bonds. The van der Waals surface area contributed by atoms with Gasteiger partial charge in [-0.25, -0.2) is 9.97 Å². The number of benzene rings is 2. The van der Waals surface area contributed by atoms with Crippen molar-refractivity contribution in [2.45, 2.75) is 96.9 Å². The summed E-state index contributed by atoms with van der Waals surface area (Å²) in [6.45, 7) is 13.1. The average molecular weight is 551 g/mol. The third-order valence-corrected chi connectivity index (χ3v) is 9.76. The molecule has 2 saturated heterocycles. The minimum atomic E-state index is 0.345. The van der Waals surface area contributed by atoms with E-state index < -0.39 is 0 Å². The molecule has 3 atom stereocenters. The number of piperidine rings is 1. The van der Waals surface area contributed by atoms with Gasteiger partial charge in [0.15, 0.2) is 5.82 Å². The van der Waals surface area contributed by atoms with Gasteiger partial charge in [-0.05, 0) is 66.8 Å². The standard InChI is InChI=1S/C34H42N6O/c1-19(2)22-8-7-21(5)31(13-22)39-12-11-29-28(18-39)34(40-23-14-24(40)16-25(15-23)41-6)37-33(36-29)32-26(20(3)4)9-10-30-27(32)17-35-38-30/h7-10,13,17,19-20,23-25H,11-12,14-16,18H2,1-6H3,(H,35,38)/t23-,24+,25?. The molecule has 7 nitrogen and oxygen atoms in total. The summed E-state index contributed by atoms with van der Waals surface area (Å²) in [6, 6.07) is 12.3. The van der Waals surface area contributed by atoms with Crippen LogP contribution in [0.15, 0.2) is 36.5 Å². The van der Waals surface area contributed by atoms with Crippen molar-refractivity contribution >= 4 is 22.4 Å². The van der Waals surface area contributed by atoms with E-state index in [-0.39, 0.29) is 0 Å². The molecule has 3 fully saturated rings. The second kappa shape index (κ2) is 10.1. The molecule has 1 aliphatic carbocycles. The molecule has 4 aromatic rings. The molecule has 0 spiro atoms. The minimum absolute atomic E-state index is 0.345. The summed E-state index contributed by atoms with van der Waals surface area (Å²) in [7, 11) is 1.86. The number of fused-ring (bicyclic) bond motifs is 4. The van der Waals surface area contributed by atoms with E-state index >= 15 is 0 Å². The molecule has 2 bridgehead atoms. The Labute approximate surface area is 243 Å². The van der Waals surface area contributed by atoms with Crippen molar-refractivity contribution < 1.29 is 4.74 Å². The van der Waals surface area contributed by atoms with E-state index in [1.807, 2.05) is 13.3 Å². The maximum atomic E-state index is 5.80. The first-order chi connectivity index (χ1) is 19.8. The summed E-state index contributed by atoms with van der Waals surface area (Å²) in [5, 5.41) is 8.65. The zero-order valence-corrected chi connectivity index (χ0v) is 25.2. The van der Waals surface area contributed by atoms with Gasteiger partial charge in [-0.1, -0.05) is 45.9 Å². The van der Waals surface area contributed by atoms with E-state index in [4.69, 9.17) is 14.7 Å². The van der Waals surface area contributed by atoms with E-state index in [0.717, 1.165) is 60.5 Å². The smallest absolute Gasteiger partial charge is 0.162 e. The SMILES string of the molecule is COC1C[C@@H]2C[C@H](C1)N2c1nc(-c2c(C(C)C)ccc3[nH]ncc23)nc2c1CN(c1cc(C(C)C)ccc1C)CC2. The largest absolute Gasteiger partial charge is 0.381 e. The Morgan fingerprint density at radius 2 is 1.78 bits per heavy atom. The fourth-order valence-corrected chi connectivity index (χ4v) is 7.38. The molecular weight excluding hydrogens is 508 g/mol. The van der Waals surface area contributed by atoms with Crippen LogP contribution in [0, 0.1) is 6.92 Å². The number of nitrogens with zero attached hydrogens (tertiary/aromatic N) is 5. The van der Waals surface area contributed by atoms with Crippen LogP contribution in [-0.4, -0.2) is 52.0 Å². The van der Waals surface area contributed by atoms with Crippen molar-refractivity contribution in [2.24, 2.45) is 0 Å². The molecule has 1 N–H and O–H groups in total. The number of ether oxygens (including phenoxy) is 1. The first kappa shape index (κ1) is 26.4. The number of hydrogen-bond donors (Lipinski definition) is 1. The zero-order valence-electron chi connectivity index (χ0n) is 25.2. The number of hydrogen-bond acceptors (Lipinski definition) is 6. The molecule has 1 saturated carbocycles. The normalized spacial score (nSPS) is 22.0. The summed E-state index contributed by atoms with van der Waals surface area (Å²) in [5.41, 5.74) is 9.97. The Bertz CT molecular complexity index is 1590. The molecule has 2 aromatic heterocycles. The van der Waals surface area contributed by atoms with Gasteiger partial charge in [-0.2, -0.15) is 5.10 Å². The number of nitrogens with one attached hydrogen (secondary N) is 1. The summed E-state index contributed by atoms with van der Waals surface area (Å²) in [5.74, 6) is 2.83. The molecule has 8 rings (SSSR count). The fourth-order valence-electron chi connectivity index (χ4n) is 7.38. The van der Waals surface area contributed by atoms with Gasteiger partial charge in [-0.3, -0.25) is 5.10 Å². The summed E-state index contributed by atoms with van der Waals surface area (Å²) in [4.78, 5) is 16.0. The van der Waals surface area contributed by atoms with Gasteiger partial charge >= 0.3 is 0 Å². The lowest BCUT2D eigenvalue weighted by Crippen LogP contribution is -2.63. The third-order valence-electron chi connectivity index (χ3n) is 9.76. The molecule has 3 aliphatic heterocycles. The molecule has 1 unspecified atom stereocenters. The van der Waals surface area contributed by atoms with Crippen LogP contribution < -0.4 is 9.80 Å². The van der Waals surface area contributed by atoms with E-state index in [0.29, 0.717) is 30.0 Å². The van der Waals surface area contributed by atoms with Gasteiger partial charge in [0.25, 0.3) is 0 Å². The minimum Gasteiger partial charge on any atom is -0.381 e. The predicted molar refractivity (Wildman–Crippen MR) is 166 cm³/mol. The van der Waals surface area contributed by atoms with Gasteiger partial charge in [0.1, 0.15) is 5.82 Å². The van der Waals surface area contributed by atoms with Crippen LogP contribution in [0.5, 0.6) is 0 Å². The van der Waals surface area contributed by atoms with Gasteiger partial charge < -0.3 is 14.5 Å². The number of rotatable bonds is 6. The Morgan fingerprint density at radius 1 is 0.976 bits per heavy atom. The van der Waals surface area contributed by atoms with Crippen LogP contribution in [0.4, 0.5) is 11.5 Å². The lowest BCUT2D eigenvalue weighted by molar-refractivity contribution is 0.0241. The van der Waals surface area contributed by atoms with Crippen LogP contribution in [-0.2, 0) is 17.7 Å². The summed E-state index contributed by atoms with van der Waals surface area (Å²) in [6.07, 6.45) is 6.54. The van der Waals surface area contributed by atoms with E-state index in [2.05, 4.69) is 84.9 Å². The van der Waals surface area contributed by atoms with Gasteiger partial charge in [-0.15, -0.1) is 0 Å². The summed E-state index contributed by atoms with van der Waals surface area (Å²) >= 11 is 0. The fraction of sp³-hybridized carbons (Fsp3) is 0.500. The van der Waals surface area contributed by atoms with Crippen LogP contribution >= 0.6 is 0 Å². The highest BCUT2D eigenvalue weighted by atomic mass is 16.5. The lowest BCUT2D eigenvalue weighted by atomic mass is 9.77. The predicted octanol–water partition coefficient (Wildman–Crippen LogP) is 6.89. The van der Waals surface area contributed by atoms with E-state index in [1.54, 1.807) is 0 Å². The summed E-state index contributed by atoms with van der Waals surface area (Å²) < 4.78 is 5.80. The molecule has 2 aromatic carbocycles. The highest BCUT2D eigenvalue weighted by molar-refractivity contribution is 5.95. The molecular formula is C34H42N6O. The van der Waals surface area contributed by atoms with Gasteiger partial charge in [0.2, 0.25) is 0 Å².